The molecule has 0 spiro atoms. The van der Waals surface area contributed by atoms with Crippen LogP contribution in [0.2, 0.25) is 0 Å². The molecule has 0 N–H and O–H groups in total. The van der Waals surface area contributed by atoms with Crippen LogP contribution >= 0.6 is 0 Å². The summed E-state index contributed by atoms with van der Waals surface area (Å²) in [6.45, 7) is 5.82. The van der Waals surface area contributed by atoms with E-state index in [2.05, 4.69) is 11.8 Å². The number of carbonyl (C=O) groups is 1. The fourth-order valence-electron chi connectivity index (χ4n) is 1.38. The maximum absolute atomic E-state index is 11.4. The van der Waals surface area contributed by atoms with Crippen LogP contribution in [0, 0.1) is 18.8 Å². The molecule has 0 atom stereocenters. The van der Waals surface area contributed by atoms with Crippen LogP contribution in [0.3, 0.4) is 0 Å². The predicted molar refractivity (Wildman–Crippen MR) is 64.7 cm³/mol. The largest absolute Gasteiger partial charge is 0.492 e. The molecule has 0 aliphatic rings. The number of aryl methyl sites for hydroxylation is 1. The summed E-state index contributed by atoms with van der Waals surface area (Å²) >= 11 is 0. The fraction of sp³-hybridized carbons (Fsp3) is 0.357. The average Bonchev–Trinajstić information content (AvgIpc) is 2.26. The minimum absolute atomic E-state index is 0.0280. The van der Waals surface area contributed by atoms with Crippen molar-refractivity contribution < 1.29 is 9.53 Å². The highest BCUT2D eigenvalue weighted by Crippen LogP contribution is 2.20. The van der Waals surface area contributed by atoms with E-state index in [1.54, 1.807) is 13.8 Å². The molecular weight excluding hydrogens is 200 g/mol. The van der Waals surface area contributed by atoms with Gasteiger partial charge >= 0.3 is 0 Å². The first-order chi connectivity index (χ1) is 7.65. The molecule has 0 aliphatic carbocycles. The zero-order chi connectivity index (χ0) is 12.0. The highest BCUT2D eigenvalue weighted by Gasteiger charge is 2.08. The Morgan fingerprint density at radius 1 is 1.44 bits per heavy atom. The van der Waals surface area contributed by atoms with Gasteiger partial charge in [-0.2, -0.15) is 0 Å². The molecule has 0 radical (unpaired) electrons. The zero-order valence-electron chi connectivity index (χ0n) is 9.96. The lowest BCUT2D eigenvalue weighted by Crippen LogP contribution is -2.02. The Hall–Kier alpha value is -1.75. The standard InChI is InChI=1S/C14H16O2/c1-4-5-6-9-16-14-8-7-11(2)10-13(14)12(3)15/h7-8,10H,6,9H2,1-3H3. The molecule has 0 heterocycles. The summed E-state index contributed by atoms with van der Waals surface area (Å²) < 4.78 is 5.53. The van der Waals surface area contributed by atoms with Crippen LogP contribution in [0.25, 0.3) is 0 Å². The fourth-order valence-corrected chi connectivity index (χ4v) is 1.38. The molecule has 84 valence electrons. The Morgan fingerprint density at radius 3 is 2.81 bits per heavy atom. The van der Waals surface area contributed by atoms with E-state index >= 15 is 0 Å². The van der Waals surface area contributed by atoms with Crippen molar-refractivity contribution >= 4 is 5.78 Å². The van der Waals surface area contributed by atoms with Crippen molar-refractivity contribution in [2.75, 3.05) is 6.61 Å². The summed E-state index contributed by atoms with van der Waals surface area (Å²) in [6, 6.07) is 5.63. The number of carbonyl (C=O) groups excluding carboxylic acids is 1. The Kier molecular flexibility index (Phi) is 4.60. The van der Waals surface area contributed by atoms with Gasteiger partial charge in [0, 0.05) is 6.42 Å². The maximum Gasteiger partial charge on any atom is 0.163 e. The van der Waals surface area contributed by atoms with Crippen LogP contribution in [0.5, 0.6) is 5.75 Å². The van der Waals surface area contributed by atoms with Gasteiger partial charge in [0.1, 0.15) is 5.75 Å². The van der Waals surface area contributed by atoms with Crippen LogP contribution in [0.15, 0.2) is 18.2 Å². The first kappa shape index (κ1) is 12.3. The van der Waals surface area contributed by atoms with Crippen molar-refractivity contribution in [1.82, 2.24) is 0 Å². The Morgan fingerprint density at radius 2 is 2.19 bits per heavy atom. The van der Waals surface area contributed by atoms with Crippen LogP contribution in [-0.4, -0.2) is 12.4 Å². The van der Waals surface area contributed by atoms with E-state index in [-0.39, 0.29) is 5.78 Å². The second-order valence-corrected chi connectivity index (χ2v) is 3.58. The summed E-state index contributed by atoms with van der Waals surface area (Å²) in [7, 11) is 0. The maximum atomic E-state index is 11.4. The molecule has 0 saturated carbocycles. The first-order valence-electron chi connectivity index (χ1n) is 5.29. The Balaban J connectivity index is 2.77. The molecule has 1 aromatic carbocycles. The molecule has 0 saturated heterocycles. The van der Waals surface area contributed by atoms with Crippen molar-refractivity contribution in [3.63, 3.8) is 0 Å². The highest BCUT2D eigenvalue weighted by atomic mass is 16.5. The Bertz CT molecular complexity index is 436. The summed E-state index contributed by atoms with van der Waals surface area (Å²) in [5.74, 6) is 6.40. The molecule has 0 bridgehead atoms. The van der Waals surface area contributed by atoms with Gasteiger partial charge in [-0.25, -0.2) is 0 Å². The van der Waals surface area contributed by atoms with E-state index in [1.165, 1.54) is 0 Å². The number of hydrogen-bond donors (Lipinski definition) is 0. The van der Waals surface area contributed by atoms with E-state index in [4.69, 9.17) is 4.74 Å². The number of hydrogen-bond acceptors (Lipinski definition) is 2. The van der Waals surface area contributed by atoms with Crippen molar-refractivity contribution in [3.8, 4) is 17.6 Å². The van der Waals surface area contributed by atoms with Gasteiger partial charge in [0.2, 0.25) is 0 Å². The minimum Gasteiger partial charge on any atom is -0.492 e. The van der Waals surface area contributed by atoms with E-state index in [0.717, 1.165) is 5.56 Å². The number of ether oxygens (including phenoxy) is 1. The lowest BCUT2D eigenvalue weighted by atomic mass is 10.1. The van der Waals surface area contributed by atoms with Gasteiger partial charge in [0.05, 0.1) is 12.2 Å². The molecule has 2 heteroatoms. The van der Waals surface area contributed by atoms with Gasteiger partial charge in [-0.15, -0.1) is 11.8 Å². The normalized spacial score (nSPS) is 9.19. The Labute approximate surface area is 96.6 Å². The van der Waals surface area contributed by atoms with E-state index in [0.29, 0.717) is 24.3 Å². The minimum atomic E-state index is 0.0280. The van der Waals surface area contributed by atoms with Gasteiger partial charge in [0.15, 0.2) is 5.78 Å². The van der Waals surface area contributed by atoms with Gasteiger partial charge in [-0.1, -0.05) is 11.6 Å². The third-order valence-electron chi connectivity index (χ3n) is 2.18. The molecular formula is C14H16O2. The van der Waals surface area contributed by atoms with Crippen LogP contribution in [0.1, 0.15) is 36.2 Å². The molecule has 0 amide bonds. The summed E-state index contributed by atoms with van der Waals surface area (Å²) in [5.41, 5.74) is 1.70. The molecule has 1 aromatic rings. The first-order valence-corrected chi connectivity index (χ1v) is 5.29. The van der Waals surface area contributed by atoms with E-state index < -0.39 is 0 Å². The predicted octanol–water partition coefficient (Wildman–Crippen LogP) is 2.99. The lowest BCUT2D eigenvalue weighted by Gasteiger charge is -2.09. The molecule has 0 aromatic heterocycles. The SMILES string of the molecule is CC#CCCOc1ccc(C)cc1C(C)=O. The summed E-state index contributed by atoms with van der Waals surface area (Å²) in [5, 5.41) is 0. The van der Waals surface area contributed by atoms with Crippen LogP contribution in [0.4, 0.5) is 0 Å². The second-order valence-electron chi connectivity index (χ2n) is 3.58. The zero-order valence-corrected chi connectivity index (χ0v) is 9.96. The average molecular weight is 216 g/mol. The molecule has 0 aliphatic heterocycles. The summed E-state index contributed by atoms with van der Waals surface area (Å²) in [6.07, 6.45) is 0.682. The lowest BCUT2D eigenvalue weighted by molar-refractivity contribution is 0.101. The van der Waals surface area contributed by atoms with Crippen molar-refractivity contribution in [1.29, 1.82) is 0 Å². The molecule has 2 nitrogen and oxygen atoms in total. The highest BCUT2D eigenvalue weighted by molar-refractivity contribution is 5.97. The third-order valence-corrected chi connectivity index (χ3v) is 2.18. The third kappa shape index (κ3) is 3.43. The monoisotopic (exact) mass is 216 g/mol. The van der Waals surface area contributed by atoms with E-state index in [1.807, 2.05) is 25.1 Å². The van der Waals surface area contributed by atoms with Crippen LogP contribution < -0.4 is 4.74 Å². The van der Waals surface area contributed by atoms with Crippen molar-refractivity contribution in [2.24, 2.45) is 0 Å². The molecule has 0 fully saturated rings. The molecule has 1 rings (SSSR count). The van der Waals surface area contributed by atoms with Gasteiger partial charge in [-0.3, -0.25) is 4.79 Å². The van der Waals surface area contributed by atoms with Gasteiger partial charge in [0.25, 0.3) is 0 Å². The van der Waals surface area contributed by atoms with Crippen molar-refractivity contribution in [2.45, 2.75) is 27.2 Å². The smallest absolute Gasteiger partial charge is 0.163 e. The van der Waals surface area contributed by atoms with Crippen molar-refractivity contribution in [3.05, 3.63) is 29.3 Å². The molecule has 16 heavy (non-hydrogen) atoms. The van der Waals surface area contributed by atoms with Gasteiger partial charge in [-0.05, 0) is 32.9 Å². The quantitative estimate of drug-likeness (QED) is 0.439. The summed E-state index contributed by atoms with van der Waals surface area (Å²) in [4.78, 5) is 11.4. The number of benzene rings is 1. The number of Topliss-reactive ketones (excluding diaryl/α,β-unsaturated/α-hetero) is 1. The molecule has 0 unspecified atom stereocenters. The number of rotatable bonds is 4. The second kappa shape index (κ2) is 5.97. The van der Waals surface area contributed by atoms with Gasteiger partial charge < -0.3 is 4.74 Å². The van der Waals surface area contributed by atoms with E-state index in [9.17, 15) is 4.79 Å². The van der Waals surface area contributed by atoms with Crippen LogP contribution in [-0.2, 0) is 0 Å². The number of ketones is 1. The topological polar surface area (TPSA) is 26.3 Å².